The average Bonchev–Trinajstić information content (AvgIpc) is 1.88. The molecule has 0 fully saturated rings. The van der Waals surface area contributed by atoms with Crippen molar-refractivity contribution >= 4 is 22.5 Å². The van der Waals surface area contributed by atoms with Gasteiger partial charge in [-0.3, -0.25) is 5.41 Å². The van der Waals surface area contributed by atoms with E-state index in [1.165, 1.54) is 0 Å². The monoisotopic (exact) mass is 154 g/mol. The maximum Gasteiger partial charge on any atom is 0.128 e. The molecule has 0 radical (unpaired) electrons. The number of hydrogen-bond donors (Lipinski definition) is 2. The van der Waals surface area contributed by atoms with Gasteiger partial charge in [-0.15, -0.1) is 0 Å². The van der Waals surface area contributed by atoms with Crippen LogP contribution in [0.2, 0.25) is 0 Å². The minimum absolute atomic E-state index is 0.0417. The standard InChI is InChI=1S/C7H7ClN2/c8-7(10)5-1-3-6(9)4-2-5/h1-4,10H,9H2. The Morgan fingerprint density at radius 3 is 2.20 bits per heavy atom. The van der Waals surface area contributed by atoms with Crippen LogP contribution in [0.15, 0.2) is 24.3 Å². The smallest absolute Gasteiger partial charge is 0.128 e. The zero-order chi connectivity index (χ0) is 7.56. The Labute approximate surface area is 64.1 Å². The van der Waals surface area contributed by atoms with Gasteiger partial charge in [0.15, 0.2) is 0 Å². The summed E-state index contributed by atoms with van der Waals surface area (Å²) in [6.07, 6.45) is 0. The van der Waals surface area contributed by atoms with Crippen LogP contribution < -0.4 is 5.73 Å². The first-order chi connectivity index (χ1) is 4.70. The second-order valence-corrected chi connectivity index (χ2v) is 2.31. The Kier molecular flexibility index (Phi) is 1.92. The van der Waals surface area contributed by atoms with Crippen LogP contribution >= 0.6 is 11.6 Å². The van der Waals surface area contributed by atoms with Crippen LogP contribution in [0, 0.1) is 5.41 Å². The molecule has 0 saturated heterocycles. The number of nitrogens with two attached hydrogens (primary N) is 1. The molecule has 52 valence electrons. The van der Waals surface area contributed by atoms with Crippen molar-refractivity contribution in [2.24, 2.45) is 0 Å². The molecule has 1 aromatic carbocycles. The van der Waals surface area contributed by atoms with E-state index in [0.29, 0.717) is 11.3 Å². The fraction of sp³-hybridized carbons (Fsp3) is 0. The summed E-state index contributed by atoms with van der Waals surface area (Å²) in [5.41, 5.74) is 6.79. The number of benzene rings is 1. The topological polar surface area (TPSA) is 49.9 Å². The Morgan fingerprint density at radius 1 is 1.30 bits per heavy atom. The normalized spacial score (nSPS) is 9.30. The lowest BCUT2D eigenvalue weighted by atomic mass is 10.2. The molecule has 0 bridgehead atoms. The zero-order valence-corrected chi connectivity index (χ0v) is 6.02. The number of anilines is 1. The van der Waals surface area contributed by atoms with Crippen molar-refractivity contribution in [3.05, 3.63) is 29.8 Å². The fourth-order valence-corrected chi connectivity index (χ4v) is 0.755. The van der Waals surface area contributed by atoms with Crippen LogP contribution in [0.4, 0.5) is 5.69 Å². The van der Waals surface area contributed by atoms with Gasteiger partial charge < -0.3 is 5.73 Å². The van der Waals surface area contributed by atoms with E-state index in [1.807, 2.05) is 0 Å². The Balaban J connectivity index is 3.00. The van der Waals surface area contributed by atoms with Crippen LogP contribution in [0.3, 0.4) is 0 Å². The lowest BCUT2D eigenvalue weighted by Gasteiger charge is -1.94. The van der Waals surface area contributed by atoms with Gasteiger partial charge >= 0.3 is 0 Å². The molecule has 1 aromatic rings. The molecule has 0 atom stereocenters. The molecule has 2 nitrogen and oxygen atoms in total. The number of rotatable bonds is 1. The summed E-state index contributed by atoms with van der Waals surface area (Å²) in [7, 11) is 0. The van der Waals surface area contributed by atoms with Gasteiger partial charge in [0.05, 0.1) is 0 Å². The third kappa shape index (κ3) is 1.48. The molecular weight excluding hydrogens is 148 g/mol. The molecule has 0 aliphatic rings. The van der Waals surface area contributed by atoms with Crippen LogP contribution in [0.1, 0.15) is 5.56 Å². The van der Waals surface area contributed by atoms with Crippen molar-refractivity contribution in [2.45, 2.75) is 0 Å². The molecule has 1 rings (SSSR count). The van der Waals surface area contributed by atoms with Crippen LogP contribution in [0.5, 0.6) is 0 Å². The molecule has 3 N–H and O–H groups in total. The highest BCUT2D eigenvalue weighted by molar-refractivity contribution is 6.68. The summed E-state index contributed by atoms with van der Waals surface area (Å²) < 4.78 is 0. The number of halogens is 1. The first-order valence-electron chi connectivity index (χ1n) is 2.80. The second kappa shape index (κ2) is 2.71. The first-order valence-corrected chi connectivity index (χ1v) is 3.18. The molecular formula is C7H7ClN2. The number of nitrogens with one attached hydrogen (secondary N) is 1. The van der Waals surface area contributed by atoms with Gasteiger partial charge in [-0.25, -0.2) is 0 Å². The average molecular weight is 155 g/mol. The molecule has 0 aliphatic heterocycles. The summed E-state index contributed by atoms with van der Waals surface area (Å²) >= 11 is 5.40. The molecule has 0 saturated carbocycles. The highest BCUT2D eigenvalue weighted by atomic mass is 35.5. The zero-order valence-electron chi connectivity index (χ0n) is 5.26. The maximum atomic E-state index is 7.03. The maximum absolute atomic E-state index is 7.03. The van der Waals surface area contributed by atoms with E-state index in [4.69, 9.17) is 22.7 Å². The fourth-order valence-electron chi connectivity index (χ4n) is 0.629. The van der Waals surface area contributed by atoms with Gasteiger partial charge in [0, 0.05) is 11.3 Å². The van der Waals surface area contributed by atoms with Crippen molar-refractivity contribution in [1.82, 2.24) is 0 Å². The summed E-state index contributed by atoms with van der Waals surface area (Å²) in [6, 6.07) is 6.86. The second-order valence-electron chi connectivity index (χ2n) is 1.94. The van der Waals surface area contributed by atoms with E-state index in [0.717, 1.165) is 0 Å². The lowest BCUT2D eigenvalue weighted by molar-refractivity contribution is 1.52. The van der Waals surface area contributed by atoms with Gasteiger partial charge in [0.2, 0.25) is 0 Å². The molecule has 0 heterocycles. The van der Waals surface area contributed by atoms with E-state index in [9.17, 15) is 0 Å². The Hall–Kier alpha value is -1.02. The van der Waals surface area contributed by atoms with Gasteiger partial charge in [-0.2, -0.15) is 0 Å². The van der Waals surface area contributed by atoms with Gasteiger partial charge in [-0.1, -0.05) is 11.6 Å². The minimum atomic E-state index is 0.0417. The van der Waals surface area contributed by atoms with E-state index < -0.39 is 0 Å². The summed E-state index contributed by atoms with van der Waals surface area (Å²) in [5.74, 6) is 0. The summed E-state index contributed by atoms with van der Waals surface area (Å²) in [4.78, 5) is 0. The van der Waals surface area contributed by atoms with E-state index in [2.05, 4.69) is 0 Å². The van der Waals surface area contributed by atoms with Crippen molar-refractivity contribution in [3.8, 4) is 0 Å². The molecule has 0 aromatic heterocycles. The molecule has 0 spiro atoms. The first kappa shape index (κ1) is 7.09. The van der Waals surface area contributed by atoms with Crippen molar-refractivity contribution in [3.63, 3.8) is 0 Å². The third-order valence-corrected chi connectivity index (χ3v) is 1.38. The quantitative estimate of drug-likeness (QED) is 0.471. The number of hydrogen-bond acceptors (Lipinski definition) is 2. The van der Waals surface area contributed by atoms with Crippen molar-refractivity contribution in [1.29, 1.82) is 5.41 Å². The molecule has 0 aliphatic carbocycles. The highest BCUT2D eigenvalue weighted by Crippen LogP contribution is 2.07. The van der Waals surface area contributed by atoms with Crippen molar-refractivity contribution < 1.29 is 0 Å². The van der Waals surface area contributed by atoms with Crippen LogP contribution in [-0.2, 0) is 0 Å². The molecule has 10 heavy (non-hydrogen) atoms. The largest absolute Gasteiger partial charge is 0.399 e. The predicted octanol–water partition coefficient (Wildman–Crippen LogP) is 1.83. The molecule has 0 amide bonds. The SMILES string of the molecule is N=C(Cl)c1ccc(N)cc1. The van der Waals surface area contributed by atoms with Gasteiger partial charge in [0.25, 0.3) is 0 Å². The predicted molar refractivity (Wildman–Crippen MR) is 43.5 cm³/mol. The minimum Gasteiger partial charge on any atom is -0.399 e. The van der Waals surface area contributed by atoms with Crippen LogP contribution in [-0.4, -0.2) is 5.17 Å². The lowest BCUT2D eigenvalue weighted by Crippen LogP contribution is -1.89. The van der Waals surface area contributed by atoms with Gasteiger partial charge in [0.1, 0.15) is 5.17 Å². The van der Waals surface area contributed by atoms with E-state index in [1.54, 1.807) is 24.3 Å². The highest BCUT2D eigenvalue weighted by Gasteiger charge is 1.93. The Morgan fingerprint density at radius 2 is 1.80 bits per heavy atom. The van der Waals surface area contributed by atoms with Crippen molar-refractivity contribution in [2.75, 3.05) is 5.73 Å². The summed E-state index contributed by atoms with van der Waals surface area (Å²) in [5, 5.41) is 7.07. The van der Waals surface area contributed by atoms with E-state index >= 15 is 0 Å². The Bertz CT molecular complexity index is 240. The number of nitrogen functional groups attached to an aromatic ring is 1. The molecule has 0 unspecified atom stereocenters. The van der Waals surface area contributed by atoms with E-state index in [-0.39, 0.29) is 5.17 Å². The molecule has 3 heteroatoms. The third-order valence-electron chi connectivity index (χ3n) is 1.16. The summed E-state index contributed by atoms with van der Waals surface area (Å²) in [6.45, 7) is 0. The van der Waals surface area contributed by atoms with Gasteiger partial charge in [-0.05, 0) is 24.3 Å². The van der Waals surface area contributed by atoms with Crippen LogP contribution in [0.25, 0.3) is 0 Å².